The van der Waals surface area contributed by atoms with Gasteiger partial charge in [-0.15, -0.1) is 10.2 Å². The van der Waals surface area contributed by atoms with Gasteiger partial charge in [-0.05, 0) is 60.7 Å². The van der Waals surface area contributed by atoms with Crippen LogP contribution in [-0.4, -0.2) is 89.9 Å². The first-order chi connectivity index (χ1) is 21.6. The summed E-state index contributed by atoms with van der Waals surface area (Å²) in [6.45, 7) is 5.93. The molecule has 4 aromatic rings. The highest BCUT2D eigenvalue weighted by Crippen LogP contribution is 2.35. The minimum Gasteiger partial charge on any atom is -0.487 e. The van der Waals surface area contributed by atoms with Crippen LogP contribution in [0.1, 0.15) is 38.6 Å². The van der Waals surface area contributed by atoms with Crippen molar-refractivity contribution in [3.05, 3.63) is 48.1 Å². The lowest BCUT2D eigenvalue weighted by atomic mass is 9.90. The number of tetrazole rings is 1. The van der Waals surface area contributed by atoms with Crippen molar-refractivity contribution in [1.82, 2.24) is 44.9 Å². The van der Waals surface area contributed by atoms with Crippen molar-refractivity contribution >= 4 is 23.2 Å². The second kappa shape index (κ2) is 14.0. The van der Waals surface area contributed by atoms with Crippen molar-refractivity contribution in [1.29, 1.82) is 5.26 Å². The van der Waals surface area contributed by atoms with Crippen LogP contribution < -0.4 is 14.8 Å². The number of halogens is 1. The van der Waals surface area contributed by atoms with Gasteiger partial charge < -0.3 is 19.5 Å². The van der Waals surface area contributed by atoms with Crippen LogP contribution in [0.4, 0.5) is 11.6 Å². The van der Waals surface area contributed by atoms with E-state index in [-0.39, 0.29) is 18.8 Å². The van der Waals surface area contributed by atoms with Crippen LogP contribution >= 0.6 is 11.6 Å². The third-order valence-electron chi connectivity index (χ3n) is 7.90. The van der Waals surface area contributed by atoms with Crippen LogP contribution in [0.15, 0.2) is 43.1 Å². The van der Waals surface area contributed by atoms with Crippen molar-refractivity contribution in [2.45, 2.75) is 57.3 Å². The van der Waals surface area contributed by atoms with Gasteiger partial charge in [0.2, 0.25) is 5.95 Å². The van der Waals surface area contributed by atoms with Gasteiger partial charge in [-0.3, -0.25) is 9.58 Å². The molecular weight excluding hydrogens is 586 g/mol. The summed E-state index contributed by atoms with van der Waals surface area (Å²) >= 11 is 6.42. The van der Waals surface area contributed by atoms with Gasteiger partial charge in [0.05, 0.1) is 37.0 Å². The van der Waals surface area contributed by atoms with Crippen molar-refractivity contribution in [3.63, 3.8) is 0 Å². The molecule has 0 amide bonds. The van der Waals surface area contributed by atoms with Gasteiger partial charge in [0.15, 0.2) is 6.61 Å². The molecule has 1 aromatic carbocycles. The second-order valence-corrected chi connectivity index (χ2v) is 11.3. The molecule has 0 bridgehead atoms. The Balaban J connectivity index is 1.11. The summed E-state index contributed by atoms with van der Waals surface area (Å²) < 4.78 is 20.8. The van der Waals surface area contributed by atoms with Crippen molar-refractivity contribution < 1.29 is 14.2 Å². The topological polar surface area (TPSA) is 154 Å². The summed E-state index contributed by atoms with van der Waals surface area (Å²) in [5.41, 5.74) is 2.25. The molecule has 0 spiro atoms. The minimum atomic E-state index is -0.216. The number of ether oxygens (including phenoxy) is 3. The van der Waals surface area contributed by atoms with Crippen molar-refractivity contribution in [2.75, 3.05) is 38.2 Å². The first-order valence-corrected chi connectivity index (χ1v) is 15.1. The maximum absolute atomic E-state index is 9.10. The molecule has 1 aliphatic carbocycles. The van der Waals surface area contributed by atoms with Gasteiger partial charge in [0.25, 0.3) is 5.88 Å². The van der Waals surface area contributed by atoms with Crippen LogP contribution in [0.5, 0.6) is 11.6 Å². The number of nitriles is 1. The Labute approximate surface area is 259 Å². The number of anilines is 2. The highest BCUT2D eigenvalue weighted by molar-refractivity contribution is 6.32. The molecule has 1 aliphatic heterocycles. The van der Waals surface area contributed by atoms with E-state index in [1.807, 2.05) is 36.0 Å². The van der Waals surface area contributed by atoms with E-state index in [1.54, 1.807) is 23.1 Å². The van der Waals surface area contributed by atoms with E-state index in [9.17, 15) is 0 Å². The fourth-order valence-corrected chi connectivity index (χ4v) is 5.86. The average Bonchev–Trinajstić information content (AvgIpc) is 3.72. The van der Waals surface area contributed by atoms with Crippen LogP contribution in [0, 0.1) is 11.3 Å². The monoisotopic (exact) mass is 619 g/mol. The van der Waals surface area contributed by atoms with Crippen LogP contribution in [0.25, 0.3) is 11.1 Å². The summed E-state index contributed by atoms with van der Waals surface area (Å²) in [6, 6.07) is 8.39. The number of rotatable bonds is 11. The van der Waals surface area contributed by atoms with E-state index in [2.05, 4.69) is 40.8 Å². The maximum Gasteiger partial charge on any atom is 0.257 e. The molecule has 1 saturated carbocycles. The predicted molar refractivity (Wildman–Crippen MR) is 161 cm³/mol. The number of morpholine rings is 1. The molecule has 44 heavy (non-hydrogen) atoms. The van der Waals surface area contributed by atoms with Crippen LogP contribution in [-0.2, 0) is 11.3 Å². The number of nitrogens with one attached hydrogen (secondary N) is 1. The number of nitrogens with zero attached hydrogens (tertiary/aromatic N) is 10. The third kappa shape index (κ3) is 7.24. The largest absolute Gasteiger partial charge is 0.487 e. The van der Waals surface area contributed by atoms with Gasteiger partial charge in [0, 0.05) is 37.1 Å². The lowest BCUT2D eigenvalue weighted by Crippen LogP contribution is -2.45. The third-order valence-corrected chi connectivity index (χ3v) is 8.21. The average molecular weight is 620 g/mol. The Morgan fingerprint density at radius 1 is 1.11 bits per heavy atom. The van der Waals surface area contributed by atoms with Crippen molar-refractivity contribution in [3.8, 4) is 28.8 Å². The molecule has 1 saturated heterocycles. The Morgan fingerprint density at radius 2 is 1.89 bits per heavy atom. The number of hydrogen-bond acceptors (Lipinski definition) is 12. The zero-order valence-electron chi connectivity index (χ0n) is 24.4. The van der Waals surface area contributed by atoms with E-state index < -0.39 is 0 Å². The van der Waals surface area contributed by atoms with Gasteiger partial charge >= 0.3 is 0 Å². The Bertz CT molecular complexity index is 1540. The van der Waals surface area contributed by atoms with Gasteiger partial charge in [-0.1, -0.05) is 17.7 Å². The van der Waals surface area contributed by atoms with Gasteiger partial charge in [-0.25, -0.2) is 14.6 Å². The summed E-state index contributed by atoms with van der Waals surface area (Å²) in [5, 5.41) is 28.7. The first kappa shape index (κ1) is 29.7. The molecule has 6 rings (SSSR count). The SMILES string of the molecule is C[C@@H](Cn1cnnn1)Oc1cc(-c2cnc(Nc3cn([C@H]4CC[C@H](N5CCOCC5)CC4)nc3OCC#N)nc2)ccc1Cl. The molecule has 0 radical (unpaired) electrons. The molecule has 2 aliphatic rings. The highest BCUT2D eigenvalue weighted by Gasteiger charge is 2.29. The molecule has 1 atom stereocenters. The smallest absolute Gasteiger partial charge is 0.257 e. The molecule has 14 nitrogen and oxygen atoms in total. The predicted octanol–water partition coefficient (Wildman–Crippen LogP) is 3.91. The standard InChI is InChI=1S/C29H34ClN11O3/c1-20(17-40-19-34-37-38-40)44-27-14-21(2-7-25(27)30)22-15-32-29(33-16-22)35-26-18-41(36-28(26)43-11-8-31)24-5-3-23(4-6-24)39-9-12-42-13-10-39/h2,7,14-16,18-20,23-24H,3-6,9-13,17H2,1H3,(H,32,33,35)/t20-,23-,24-/m0/s1. The van der Waals surface area contributed by atoms with Crippen LogP contribution in [0.2, 0.25) is 5.02 Å². The van der Waals surface area contributed by atoms with Crippen molar-refractivity contribution in [2.24, 2.45) is 0 Å². The first-order valence-electron chi connectivity index (χ1n) is 14.7. The molecule has 3 aromatic heterocycles. The Hall–Kier alpha value is -4.32. The Morgan fingerprint density at radius 3 is 2.61 bits per heavy atom. The molecular formula is C29H34ClN11O3. The summed E-state index contributed by atoms with van der Waals surface area (Å²) in [6.07, 6.45) is 11.0. The van der Waals surface area contributed by atoms with E-state index in [1.165, 1.54) is 6.33 Å². The van der Waals surface area contributed by atoms with E-state index in [4.69, 9.17) is 31.1 Å². The second-order valence-electron chi connectivity index (χ2n) is 10.9. The van der Waals surface area contributed by atoms with Gasteiger partial charge in [-0.2, -0.15) is 5.26 Å². The molecule has 230 valence electrons. The number of benzene rings is 1. The molecule has 0 unspecified atom stereocenters. The maximum atomic E-state index is 9.10. The molecule has 1 N–H and O–H groups in total. The normalized spacial score (nSPS) is 19.7. The Kier molecular flexibility index (Phi) is 9.45. The summed E-state index contributed by atoms with van der Waals surface area (Å²) in [4.78, 5) is 11.6. The zero-order valence-corrected chi connectivity index (χ0v) is 25.2. The van der Waals surface area contributed by atoms with Gasteiger partial charge in [0.1, 0.15) is 29.9 Å². The zero-order chi connectivity index (χ0) is 30.3. The highest BCUT2D eigenvalue weighted by atomic mass is 35.5. The number of aromatic nitrogens is 8. The lowest BCUT2D eigenvalue weighted by Gasteiger charge is -2.38. The summed E-state index contributed by atoms with van der Waals surface area (Å²) in [7, 11) is 0. The molecule has 2 fully saturated rings. The lowest BCUT2D eigenvalue weighted by molar-refractivity contribution is 0.00503. The van der Waals surface area contributed by atoms with Crippen LogP contribution in [0.3, 0.4) is 0 Å². The fraction of sp³-hybridized carbons (Fsp3) is 0.483. The van der Waals surface area contributed by atoms with E-state index >= 15 is 0 Å². The van der Waals surface area contributed by atoms with E-state index in [0.717, 1.165) is 63.1 Å². The number of hydrogen-bond donors (Lipinski definition) is 1. The van der Waals surface area contributed by atoms with E-state index in [0.29, 0.717) is 40.9 Å². The fourth-order valence-electron chi connectivity index (χ4n) is 5.70. The molecule has 4 heterocycles. The summed E-state index contributed by atoms with van der Waals surface area (Å²) in [5.74, 6) is 1.27. The molecule has 15 heteroatoms. The quantitative estimate of drug-likeness (QED) is 0.259. The minimum absolute atomic E-state index is 0.107.